The maximum Gasteiger partial charge on any atom is 0.260 e. The van der Waals surface area contributed by atoms with Gasteiger partial charge < -0.3 is 15.4 Å². The lowest BCUT2D eigenvalue weighted by Crippen LogP contribution is -2.33. The van der Waals surface area contributed by atoms with E-state index in [1.165, 1.54) is 4.90 Å². The minimum absolute atomic E-state index is 0.117. The lowest BCUT2D eigenvalue weighted by Gasteiger charge is -2.17. The number of carbonyl (C=O) groups excluding carboxylic acids is 1. The van der Waals surface area contributed by atoms with E-state index in [-0.39, 0.29) is 12.5 Å². The maximum absolute atomic E-state index is 11.8. The van der Waals surface area contributed by atoms with Crippen molar-refractivity contribution in [3.8, 4) is 5.75 Å². The molecule has 2 N–H and O–H groups in total. The van der Waals surface area contributed by atoms with Crippen LogP contribution < -0.4 is 10.5 Å². The van der Waals surface area contributed by atoms with Crippen LogP contribution in [0.3, 0.4) is 0 Å². The summed E-state index contributed by atoms with van der Waals surface area (Å²) in [4.78, 5) is 13.6. The van der Waals surface area contributed by atoms with Crippen molar-refractivity contribution in [2.45, 2.75) is 6.42 Å². The van der Waals surface area contributed by atoms with Crippen LogP contribution in [0.25, 0.3) is 0 Å². The summed E-state index contributed by atoms with van der Waals surface area (Å²) >= 11 is 16.5. The number of benzene rings is 1. The molecular formula is C12H14Cl2N2O2S. The van der Waals surface area contributed by atoms with Gasteiger partial charge in [-0.05, 0) is 12.1 Å². The third kappa shape index (κ3) is 5.22. The second kappa shape index (κ2) is 7.53. The average Bonchev–Trinajstić information content (AvgIpc) is 2.37. The number of thiocarbonyl (C=S) groups is 1. The largest absolute Gasteiger partial charge is 0.482 e. The van der Waals surface area contributed by atoms with Gasteiger partial charge in [0, 0.05) is 20.0 Å². The van der Waals surface area contributed by atoms with Gasteiger partial charge in [0.25, 0.3) is 5.91 Å². The molecule has 0 aliphatic carbocycles. The van der Waals surface area contributed by atoms with Crippen LogP contribution in [-0.2, 0) is 4.79 Å². The maximum atomic E-state index is 11.8. The Hall–Kier alpha value is -1.04. The number of nitrogens with zero attached hydrogens (tertiary/aromatic N) is 1. The summed E-state index contributed by atoms with van der Waals surface area (Å²) in [7, 11) is 1.66. The zero-order valence-electron chi connectivity index (χ0n) is 10.4. The fourth-order valence-corrected chi connectivity index (χ4v) is 1.69. The van der Waals surface area contributed by atoms with Crippen LogP contribution in [0.5, 0.6) is 5.75 Å². The highest BCUT2D eigenvalue weighted by Crippen LogP contribution is 2.31. The van der Waals surface area contributed by atoms with Crippen molar-refractivity contribution in [3.63, 3.8) is 0 Å². The molecule has 4 nitrogen and oxygen atoms in total. The van der Waals surface area contributed by atoms with E-state index in [2.05, 4.69) is 0 Å². The van der Waals surface area contributed by atoms with Gasteiger partial charge in [-0.1, -0.05) is 41.5 Å². The van der Waals surface area contributed by atoms with Gasteiger partial charge in [0.2, 0.25) is 0 Å². The Kier molecular flexibility index (Phi) is 6.34. The topological polar surface area (TPSA) is 55.6 Å². The monoisotopic (exact) mass is 320 g/mol. The summed E-state index contributed by atoms with van der Waals surface area (Å²) in [5.41, 5.74) is 5.37. The Morgan fingerprint density at radius 3 is 2.79 bits per heavy atom. The van der Waals surface area contributed by atoms with Crippen molar-refractivity contribution in [2.24, 2.45) is 5.73 Å². The Bertz CT molecular complexity index is 483. The average molecular weight is 321 g/mol. The summed E-state index contributed by atoms with van der Waals surface area (Å²) in [6, 6.07) is 4.99. The summed E-state index contributed by atoms with van der Waals surface area (Å²) in [6.07, 6.45) is 0.482. The molecule has 0 heterocycles. The highest BCUT2D eigenvalue weighted by molar-refractivity contribution is 7.80. The second-order valence-corrected chi connectivity index (χ2v) is 5.18. The van der Waals surface area contributed by atoms with Gasteiger partial charge in [0.15, 0.2) is 6.61 Å². The number of likely N-dealkylation sites (N-methyl/N-ethyl adjacent to an activating group) is 1. The molecule has 0 atom stereocenters. The molecular weight excluding hydrogens is 307 g/mol. The van der Waals surface area contributed by atoms with E-state index in [9.17, 15) is 4.79 Å². The van der Waals surface area contributed by atoms with Crippen LogP contribution in [-0.4, -0.2) is 36.0 Å². The SMILES string of the molecule is CN(CCC(N)=S)C(=O)COc1cccc(Cl)c1Cl. The van der Waals surface area contributed by atoms with Gasteiger partial charge in [-0.25, -0.2) is 0 Å². The van der Waals surface area contributed by atoms with E-state index in [1.54, 1.807) is 25.2 Å². The molecule has 0 spiro atoms. The van der Waals surface area contributed by atoms with E-state index < -0.39 is 0 Å². The molecule has 0 saturated carbocycles. The number of rotatable bonds is 6. The lowest BCUT2D eigenvalue weighted by molar-refractivity contribution is -0.131. The van der Waals surface area contributed by atoms with Gasteiger partial charge in [-0.3, -0.25) is 4.79 Å². The highest BCUT2D eigenvalue weighted by atomic mass is 35.5. The van der Waals surface area contributed by atoms with E-state index in [0.29, 0.717) is 33.7 Å². The lowest BCUT2D eigenvalue weighted by atomic mass is 10.3. The molecule has 0 bridgehead atoms. The molecule has 0 radical (unpaired) electrons. The molecule has 0 fully saturated rings. The predicted molar refractivity (Wildman–Crippen MR) is 81.0 cm³/mol. The zero-order valence-corrected chi connectivity index (χ0v) is 12.7. The van der Waals surface area contributed by atoms with Gasteiger partial charge in [-0.15, -0.1) is 0 Å². The number of amides is 1. The number of hydrogen-bond acceptors (Lipinski definition) is 3. The number of carbonyl (C=O) groups is 1. The smallest absolute Gasteiger partial charge is 0.260 e. The van der Waals surface area contributed by atoms with Crippen LogP contribution in [0.2, 0.25) is 10.0 Å². The van der Waals surface area contributed by atoms with Crippen molar-refractivity contribution in [3.05, 3.63) is 28.2 Å². The summed E-state index contributed by atoms with van der Waals surface area (Å²) < 4.78 is 5.34. The fourth-order valence-electron chi connectivity index (χ4n) is 1.25. The van der Waals surface area contributed by atoms with Crippen molar-refractivity contribution in [2.75, 3.05) is 20.2 Å². The van der Waals surface area contributed by atoms with E-state index in [4.69, 9.17) is 45.9 Å². The highest BCUT2D eigenvalue weighted by Gasteiger charge is 2.12. The van der Waals surface area contributed by atoms with Crippen LogP contribution in [0.15, 0.2) is 18.2 Å². The van der Waals surface area contributed by atoms with Gasteiger partial charge in [0.1, 0.15) is 10.8 Å². The Labute approximate surface area is 127 Å². The fraction of sp³-hybridized carbons (Fsp3) is 0.333. The van der Waals surface area contributed by atoms with Crippen molar-refractivity contribution in [1.29, 1.82) is 0 Å². The van der Waals surface area contributed by atoms with E-state index in [0.717, 1.165) is 0 Å². The van der Waals surface area contributed by atoms with Gasteiger partial charge in [-0.2, -0.15) is 0 Å². The first kappa shape index (κ1) is 16.0. The number of nitrogens with two attached hydrogens (primary N) is 1. The second-order valence-electron chi connectivity index (χ2n) is 3.87. The van der Waals surface area contributed by atoms with Crippen molar-refractivity contribution >= 4 is 46.3 Å². The molecule has 104 valence electrons. The Morgan fingerprint density at radius 2 is 2.16 bits per heavy atom. The predicted octanol–water partition coefficient (Wildman–Crippen LogP) is 2.51. The Balaban J connectivity index is 2.49. The molecule has 0 saturated heterocycles. The first-order chi connectivity index (χ1) is 8.91. The molecule has 0 unspecified atom stereocenters. The summed E-state index contributed by atoms with van der Waals surface area (Å²) in [5, 5.41) is 0.677. The van der Waals surface area contributed by atoms with Crippen molar-refractivity contribution < 1.29 is 9.53 Å². The van der Waals surface area contributed by atoms with Crippen LogP contribution >= 0.6 is 35.4 Å². The normalized spacial score (nSPS) is 10.1. The third-order valence-corrected chi connectivity index (χ3v) is 3.39. The molecule has 0 aliphatic heterocycles. The molecule has 19 heavy (non-hydrogen) atoms. The van der Waals surface area contributed by atoms with Crippen LogP contribution in [0.1, 0.15) is 6.42 Å². The standard InChI is InChI=1S/C12H14Cl2N2O2S/c1-16(6-5-10(15)19)11(17)7-18-9-4-2-3-8(13)12(9)14/h2-4H,5-7H2,1H3,(H2,15,19). The molecule has 7 heteroatoms. The molecule has 1 rings (SSSR count). The first-order valence-corrected chi connectivity index (χ1v) is 6.67. The number of hydrogen-bond donors (Lipinski definition) is 1. The molecule has 0 aliphatic rings. The van der Waals surface area contributed by atoms with E-state index in [1.807, 2.05) is 0 Å². The quantitative estimate of drug-likeness (QED) is 0.818. The van der Waals surface area contributed by atoms with Crippen LogP contribution in [0.4, 0.5) is 0 Å². The number of halogens is 2. The van der Waals surface area contributed by atoms with Crippen LogP contribution in [0, 0.1) is 0 Å². The molecule has 1 aromatic carbocycles. The molecule has 1 amide bonds. The van der Waals surface area contributed by atoms with E-state index >= 15 is 0 Å². The minimum atomic E-state index is -0.188. The van der Waals surface area contributed by atoms with Gasteiger partial charge in [0.05, 0.1) is 10.0 Å². The van der Waals surface area contributed by atoms with Gasteiger partial charge >= 0.3 is 0 Å². The molecule has 0 aromatic heterocycles. The minimum Gasteiger partial charge on any atom is -0.482 e. The zero-order chi connectivity index (χ0) is 14.4. The summed E-state index contributed by atoms with van der Waals surface area (Å²) in [6.45, 7) is 0.342. The molecule has 1 aromatic rings. The Morgan fingerprint density at radius 1 is 1.47 bits per heavy atom. The first-order valence-electron chi connectivity index (χ1n) is 5.51. The van der Waals surface area contributed by atoms with Crippen molar-refractivity contribution in [1.82, 2.24) is 4.90 Å². The number of ether oxygens (including phenoxy) is 1. The third-order valence-electron chi connectivity index (χ3n) is 2.39. The summed E-state index contributed by atoms with van der Waals surface area (Å²) in [5.74, 6) is 0.192.